The third-order valence-corrected chi connectivity index (χ3v) is 4.41. The van der Waals surface area contributed by atoms with Crippen molar-refractivity contribution in [2.75, 3.05) is 5.73 Å². The number of nitrogens with zero attached hydrogens (tertiary/aromatic N) is 2. The van der Waals surface area contributed by atoms with E-state index >= 15 is 0 Å². The number of benzene rings is 1. The minimum absolute atomic E-state index is 0.0367. The third kappa shape index (κ3) is 2.35. The van der Waals surface area contributed by atoms with Gasteiger partial charge in [-0.15, -0.1) is 0 Å². The van der Waals surface area contributed by atoms with Crippen LogP contribution >= 0.6 is 0 Å². The molecule has 1 fully saturated rings. The number of rotatable bonds is 2. The first kappa shape index (κ1) is 14.2. The van der Waals surface area contributed by atoms with E-state index in [1.807, 2.05) is 0 Å². The predicted octanol–water partition coefficient (Wildman–Crippen LogP) is 4.38. The molecule has 0 amide bonds. The summed E-state index contributed by atoms with van der Waals surface area (Å²) in [6.45, 7) is 10.9. The Labute approximate surface area is 127 Å². The van der Waals surface area contributed by atoms with Gasteiger partial charge in [-0.2, -0.15) is 0 Å². The molecule has 21 heavy (non-hydrogen) atoms. The molecular formula is C18H25N3. The molecule has 1 aromatic carbocycles. The Balaban J connectivity index is 2.23. The van der Waals surface area contributed by atoms with Gasteiger partial charge in [0.05, 0.1) is 0 Å². The van der Waals surface area contributed by atoms with Crippen LogP contribution in [0, 0.1) is 13.8 Å². The summed E-state index contributed by atoms with van der Waals surface area (Å²) in [5.41, 5.74) is 11.1. The summed E-state index contributed by atoms with van der Waals surface area (Å²) in [6, 6.07) is 6.35. The molecule has 0 bridgehead atoms. The summed E-state index contributed by atoms with van der Waals surface area (Å²) in [4.78, 5) is 4.95. The quantitative estimate of drug-likeness (QED) is 0.888. The zero-order chi connectivity index (χ0) is 15.4. The number of nitrogens with two attached hydrogens (primary N) is 1. The normalized spacial score (nSPS) is 15.5. The Morgan fingerprint density at radius 1 is 1.19 bits per heavy atom. The van der Waals surface area contributed by atoms with Gasteiger partial charge in [-0.25, -0.2) is 4.98 Å². The summed E-state index contributed by atoms with van der Waals surface area (Å²) in [5.74, 6) is 2.55. The van der Waals surface area contributed by atoms with E-state index in [2.05, 4.69) is 57.4 Å². The molecule has 0 radical (unpaired) electrons. The lowest BCUT2D eigenvalue weighted by atomic mass is 10.0. The van der Waals surface area contributed by atoms with E-state index in [0.717, 1.165) is 22.9 Å². The van der Waals surface area contributed by atoms with Gasteiger partial charge >= 0.3 is 0 Å². The summed E-state index contributed by atoms with van der Waals surface area (Å²) in [7, 11) is 0. The SMILES string of the molecule is Cc1cccc(-c2nc(C3CC3)n(C(C)(C)C)c2N)c1C. The summed E-state index contributed by atoms with van der Waals surface area (Å²) in [5, 5.41) is 0. The molecule has 3 heteroatoms. The largest absolute Gasteiger partial charge is 0.383 e. The van der Waals surface area contributed by atoms with Crippen molar-refractivity contribution in [2.45, 2.75) is 58.9 Å². The number of imidazole rings is 1. The lowest BCUT2D eigenvalue weighted by Gasteiger charge is -2.25. The molecule has 2 aromatic rings. The van der Waals surface area contributed by atoms with Crippen LogP contribution < -0.4 is 5.73 Å². The Kier molecular flexibility index (Phi) is 3.12. The van der Waals surface area contributed by atoms with Crippen molar-refractivity contribution in [2.24, 2.45) is 0 Å². The van der Waals surface area contributed by atoms with Crippen LogP contribution in [0.4, 0.5) is 5.82 Å². The smallest absolute Gasteiger partial charge is 0.132 e. The fourth-order valence-corrected chi connectivity index (χ4v) is 2.98. The molecule has 1 saturated carbocycles. The van der Waals surface area contributed by atoms with Crippen molar-refractivity contribution in [1.29, 1.82) is 0 Å². The molecule has 1 aliphatic carbocycles. The van der Waals surface area contributed by atoms with Crippen LogP contribution in [0.5, 0.6) is 0 Å². The Morgan fingerprint density at radius 2 is 1.86 bits per heavy atom. The minimum atomic E-state index is -0.0367. The first-order valence-electron chi connectivity index (χ1n) is 7.76. The molecule has 0 aliphatic heterocycles. The van der Waals surface area contributed by atoms with Crippen LogP contribution in [0.15, 0.2) is 18.2 Å². The van der Waals surface area contributed by atoms with E-state index in [1.54, 1.807) is 0 Å². The van der Waals surface area contributed by atoms with Gasteiger partial charge in [-0.05, 0) is 58.6 Å². The van der Waals surface area contributed by atoms with Crippen LogP contribution in [0.25, 0.3) is 11.3 Å². The number of hydrogen-bond donors (Lipinski definition) is 1. The molecule has 112 valence electrons. The van der Waals surface area contributed by atoms with Crippen molar-refractivity contribution in [1.82, 2.24) is 9.55 Å². The molecule has 3 nitrogen and oxygen atoms in total. The molecule has 1 aliphatic rings. The van der Waals surface area contributed by atoms with E-state index < -0.39 is 0 Å². The van der Waals surface area contributed by atoms with Gasteiger partial charge in [-0.1, -0.05) is 18.2 Å². The van der Waals surface area contributed by atoms with Gasteiger partial charge in [-0.3, -0.25) is 0 Å². The predicted molar refractivity (Wildman–Crippen MR) is 88.5 cm³/mol. The molecule has 0 atom stereocenters. The second kappa shape index (κ2) is 4.62. The summed E-state index contributed by atoms with van der Waals surface area (Å²) in [6.07, 6.45) is 2.47. The maximum Gasteiger partial charge on any atom is 0.132 e. The first-order chi connectivity index (χ1) is 9.80. The van der Waals surface area contributed by atoms with Gasteiger partial charge < -0.3 is 10.3 Å². The second-order valence-electron chi connectivity index (χ2n) is 7.23. The summed E-state index contributed by atoms with van der Waals surface area (Å²) < 4.78 is 2.24. The van der Waals surface area contributed by atoms with Crippen LogP contribution in [-0.4, -0.2) is 9.55 Å². The Bertz CT molecular complexity index is 685. The van der Waals surface area contributed by atoms with Crippen molar-refractivity contribution >= 4 is 5.82 Å². The molecule has 1 heterocycles. The van der Waals surface area contributed by atoms with Gasteiger partial charge in [0.2, 0.25) is 0 Å². The number of anilines is 1. The minimum Gasteiger partial charge on any atom is -0.383 e. The van der Waals surface area contributed by atoms with Gasteiger partial charge in [0, 0.05) is 17.0 Å². The second-order valence-corrected chi connectivity index (χ2v) is 7.23. The molecule has 0 saturated heterocycles. The van der Waals surface area contributed by atoms with Crippen molar-refractivity contribution in [3.05, 3.63) is 35.2 Å². The highest BCUT2D eigenvalue weighted by Crippen LogP contribution is 2.44. The molecule has 2 N–H and O–H groups in total. The summed E-state index contributed by atoms with van der Waals surface area (Å²) >= 11 is 0. The lowest BCUT2D eigenvalue weighted by molar-refractivity contribution is 0.388. The van der Waals surface area contributed by atoms with E-state index in [0.29, 0.717) is 5.92 Å². The zero-order valence-corrected chi connectivity index (χ0v) is 13.7. The highest BCUT2D eigenvalue weighted by Gasteiger charge is 2.34. The third-order valence-electron chi connectivity index (χ3n) is 4.41. The maximum atomic E-state index is 6.51. The van der Waals surface area contributed by atoms with Crippen molar-refractivity contribution in [3.63, 3.8) is 0 Å². The molecular weight excluding hydrogens is 258 g/mol. The van der Waals surface area contributed by atoms with E-state index in [9.17, 15) is 0 Å². The van der Waals surface area contributed by atoms with Gasteiger partial charge in [0.15, 0.2) is 0 Å². The topological polar surface area (TPSA) is 43.8 Å². The average Bonchev–Trinajstić information content (AvgIpc) is 3.16. The highest BCUT2D eigenvalue weighted by atomic mass is 15.2. The fraction of sp³-hybridized carbons (Fsp3) is 0.500. The van der Waals surface area contributed by atoms with Gasteiger partial charge in [0.25, 0.3) is 0 Å². The standard InChI is InChI=1S/C18H25N3/c1-11-7-6-8-14(12(11)2)15-16(19)21(18(3,4)5)17(20-15)13-9-10-13/h6-8,13H,9-10,19H2,1-5H3. The molecule has 3 rings (SSSR count). The van der Waals surface area contributed by atoms with E-state index in [1.165, 1.54) is 24.0 Å². The number of aromatic nitrogens is 2. The molecule has 1 aromatic heterocycles. The van der Waals surface area contributed by atoms with Crippen molar-refractivity contribution in [3.8, 4) is 11.3 Å². The van der Waals surface area contributed by atoms with Crippen LogP contribution in [0.1, 0.15) is 56.5 Å². The first-order valence-corrected chi connectivity index (χ1v) is 7.76. The Hall–Kier alpha value is -1.77. The average molecular weight is 283 g/mol. The van der Waals surface area contributed by atoms with E-state index in [-0.39, 0.29) is 5.54 Å². The van der Waals surface area contributed by atoms with Gasteiger partial charge in [0.1, 0.15) is 17.3 Å². The van der Waals surface area contributed by atoms with Crippen LogP contribution in [-0.2, 0) is 5.54 Å². The number of aryl methyl sites for hydroxylation is 1. The monoisotopic (exact) mass is 283 g/mol. The lowest BCUT2D eigenvalue weighted by Crippen LogP contribution is -2.25. The maximum absolute atomic E-state index is 6.51. The fourth-order valence-electron chi connectivity index (χ4n) is 2.98. The highest BCUT2D eigenvalue weighted by molar-refractivity contribution is 5.75. The van der Waals surface area contributed by atoms with Crippen molar-refractivity contribution < 1.29 is 0 Å². The van der Waals surface area contributed by atoms with Crippen LogP contribution in [0.3, 0.4) is 0 Å². The Morgan fingerprint density at radius 3 is 2.43 bits per heavy atom. The number of nitrogen functional groups attached to an aromatic ring is 1. The van der Waals surface area contributed by atoms with Crippen LogP contribution in [0.2, 0.25) is 0 Å². The molecule has 0 unspecified atom stereocenters. The molecule has 0 spiro atoms. The van der Waals surface area contributed by atoms with E-state index in [4.69, 9.17) is 10.7 Å². The zero-order valence-electron chi connectivity index (χ0n) is 13.7. The number of hydrogen-bond acceptors (Lipinski definition) is 2.